The Bertz CT molecular complexity index is 501. The Kier molecular flexibility index (Phi) is 6.27. The summed E-state index contributed by atoms with van der Waals surface area (Å²) in [5, 5.41) is 0. The Morgan fingerprint density at radius 2 is 1.90 bits per heavy atom. The molecule has 0 aromatic heterocycles. The van der Waals surface area contributed by atoms with Gasteiger partial charge in [-0.05, 0) is 17.0 Å². The summed E-state index contributed by atoms with van der Waals surface area (Å²) in [5.41, 5.74) is 2.33. The highest BCUT2D eigenvalue weighted by atomic mass is 16.6. The van der Waals surface area contributed by atoms with Crippen LogP contribution < -0.4 is 0 Å². The van der Waals surface area contributed by atoms with Crippen LogP contribution in [0.15, 0.2) is 24.3 Å². The summed E-state index contributed by atoms with van der Waals surface area (Å²) in [5.74, 6) is 5.83. The van der Waals surface area contributed by atoms with E-state index in [1.54, 1.807) is 0 Å². The van der Waals surface area contributed by atoms with E-state index in [1.165, 1.54) is 12.5 Å². The van der Waals surface area contributed by atoms with Gasteiger partial charge in [0.05, 0.1) is 6.61 Å². The van der Waals surface area contributed by atoms with Crippen LogP contribution in [0.25, 0.3) is 0 Å². The van der Waals surface area contributed by atoms with E-state index in [0.717, 1.165) is 5.56 Å². The predicted molar refractivity (Wildman–Crippen MR) is 79.5 cm³/mol. The van der Waals surface area contributed by atoms with Gasteiger partial charge in [-0.15, -0.1) is 0 Å². The predicted octanol–water partition coefficient (Wildman–Crippen LogP) is 2.92. The molecule has 1 aromatic carbocycles. The maximum Gasteiger partial charge on any atom is 0.302 e. The highest BCUT2D eigenvalue weighted by molar-refractivity contribution is 5.65. The summed E-state index contributed by atoms with van der Waals surface area (Å²) >= 11 is 0. The van der Waals surface area contributed by atoms with E-state index in [4.69, 9.17) is 9.47 Å². The molecule has 1 rings (SSSR count). The molecule has 0 aliphatic carbocycles. The molecule has 0 fully saturated rings. The van der Waals surface area contributed by atoms with Crippen molar-refractivity contribution < 1.29 is 14.3 Å². The Labute approximate surface area is 121 Å². The molecule has 0 aliphatic rings. The molecule has 0 bridgehead atoms. The maximum absolute atomic E-state index is 10.5. The van der Waals surface area contributed by atoms with Crippen molar-refractivity contribution in [2.45, 2.75) is 33.1 Å². The van der Waals surface area contributed by atoms with Gasteiger partial charge in [-0.3, -0.25) is 4.79 Å². The number of ether oxygens (including phenoxy) is 2. The van der Waals surface area contributed by atoms with Gasteiger partial charge in [0, 0.05) is 12.5 Å². The zero-order valence-electron chi connectivity index (χ0n) is 12.7. The summed E-state index contributed by atoms with van der Waals surface area (Å²) in [6.07, 6.45) is 0. The fourth-order valence-electron chi connectivity index (χ4n) is 1.74. The molecule has 108 valence electrons. The fourth-order valence-corrected chi connectivity index (χ4v) is 1.74. The van der Waals surface area contributed by atoms with Crippen molar-refractivity contribution in [3.05, 3.63) is 35.4 Å². The van der Waals surface area contributed by atoms with Gasteiger partial charge in [0.25, 0.3) is 0 Å². The number of hydrogen-bond acceptors (Lipinski definition) is 3. The SMILES string of the molecule is CC(=O)OCCOCC#Cc1ccccc1C(C)(C)C. The van der Waals surface area contributed by atoms with Crippen LogP contribution in [0.3, 0.4) is 0 Å². The van der Waals surface area contributed by atoms with Gasteiger partial charge < -0.3 is 9.47 Å². The van der Waals surface area contributed by atoms with E-state index in [9.17, 15) is 4.79 Å². The first-order chi connectivity index (χ1) is 9.41. The van der Waals surface area contributed by atoms with E-state index >= 15 is 0 Å². The van der Waals surface area contributed by atoms with Gasteiger partial charge in [-0.25, -0.2) is 0 Å². The first-order valence-electron chi connectivity index (χ1n) is 6.71. The second kappa shape index (κ2) is 7.72. The van der Waals surface area contributed by atoms with Crippen molar-refractivity contribution in [1.82, 2.24) is 0 Å². The van der Waals surface area contributed by atoms with Gasteiger partial charge in [-0.1, -0.05) is 50.8 Å². The third-order valence-electron chi connectivity index (χ3n) is 2.67. The van der Waals surface area contributed by atoms with Crippen LogP contribution in [-0.4, -0.2) is 25.8 Å². The van der Waals surface area contributed by atoms with Crippen molar-refractivity contribution >= 4 is 5.97 Å². The smallest absolute Gasteiger partial charge is 0.302 e. The zero-order chi connectivity index (χ0) is 15.0. The maximum atomic E-state index is 10.5. The number of benzene rings is 1. The van der Waals surface area contributed by atoms with Crippen molar-refractivity contribution in [2.24, 2.45) is 0 Å². The average Bonchev–Trinajstić information content (AvgIpc) is 2.36. The van der Waals surface area contributed by atoms with Crippen LogP contribution in [0.4, 0.5) is 0 Å². The largest absolute Gasteiger partial charge is 0.463 e. The quantitative estimate of drug-likeness (QED) is 0.481. The Morgan fingerprint density at radius 3 is 2.55 bits per heavy atom. The van der Waals surface area contributed by atoms with E-state index in [1.807, 2.05) is 18.2 Å². The van der Waals surface area contributed by atoms with E-state index in [2.05, 4.69) is 38.7 Å². The fraction of sp³-hybridized carbons (Fsp3) is 0.471. The third-order valence-corrected chi connectivity index (χ3v) is 2.67. The number of carbonyl (C=O) groups excluding carboxylic acids is 1. The monoisotopic (exact) mass is 274 g/mol. The molecular weight excluding hydrogens is 252 g/mol. The van der Waals surface area contributed by atoms with E-state index < -0.39 is 0 Å². The lowest BCUT2D eigenvalue weighted by Gasteiger charge is -2.20. The Balaban J connectivity index is 2.50. The van der Waals surface area contributed by atoms with Crippen LogP contribution >= 0.6 is 0 Å². The minimum atomic E-state index is -0.293. The molecule has 20 heavy (non-hydrogen) atoms. The van der Waals surface area contributed by atoms with E-state index in [0.29, 0.717) is 13.2 Å². The molecule has 0 unspecified atom stereocenters. The minimum Gasteiger partial charge on any atom is -0.463 e. The number of esters is 1. The molecule has 0 radical (unpaired) electrons. The molecule has 0 spiro atoms. The molecule has 1 aromatic rings. The van der Waals surface area contributed by atoms with Crippen LogP contribution in [-0.2, 0) is 19.7 Å². The third kappa shape index (κ3) is 5.90. The van der Waals surface area contributed by atoms with Gasteiger partial charge in [0.1, 0.15) is 13.2 Å². The highest BCUT2D eigenvalue weighted by Gasteiger charge is 2.15. The second-order valence-electron chi connectivity index (χ2n) is 5.49. The van der Waals surface area contributed by atoms with Gasteiger partial charge in [0.2, 0.25) is 0 Å². The number of carbonyl (C=O) groups is 1. The molecule has 0 atom stereocenters. The van der Waals surface area contributed by atoms with E-state index in [-0.39, 0.29) is 18.0 Å². The molecule has 0 N–H and O–H groups in total. The summed E-state index contributed by atoms with van der Waals surface area (Å²) in [4.78, 5) is 10.5. The normalized spacial score (nSPS) is 10.6. The van der Waals surface area contributed by atoms with Crippen LogP contribution in [0.2, 0.25) is 0 Å². The minimum absolute atomic E-state index is 0.0709. The number of hydrogen-bond donors (Lipinski definition) is 0. The lowest BCUT2D eigenvalue weighted by Crippen LogP contribution is -2.13. The Hall–Kier alpha value is -1.79. The lowest BCUT2D eigenvalue weighted by atomic mass is 9.84. The molecular formula is C17H22O3. The van der Waals surface area contributed by atoms with Gasteiger partial charge in [-0.2, -0.15) is 0 Å². The van der Waals surface area contributed by atoms with Crippen molar-refractivity contribution in [3.63, 3.8) is 0 Å². The first-order valence-corrected chi connectivity index (χ1v) is 6.71. The van der Waals surface area contributed by atoms with Crippen molar-refractivity contribution in [2.75, 3.05) is 19.8 Å². The average molecular weight is 274 g/mol. The summed E-state index contributed by atoms with van der Waals surface area (Å²) < 4.78 is 10.0. The van der Waals surface area contributed by atoms with Crippen LogP contribution in [0.1, 0.15) is 38.8 Å². The zero-order valence-corrected chi connectivity index (χ0v) is 12.7. The lowest BCUT2D eigenvalue weighted by molar-refractivity contribution is -0.142. The topological polar surface area (TPSA) is 35.5 Å². The molecule has 0 aliphatic heterocycles. The molecule has 3 heteroatoms. The molecule has 0 saturated heterocycles. The Morgan fingerprint density at radius 1 is 1.20 bits per heavy atom. The summed E-state index contributed by atoms with van der Waals surface area (Å²) in [6, 6.07) is 8.14. The second-order valence-corrected chi connectivity index (χ2v) is 5.49. The first kappa shape index (κ1) is 16.3. The highest BCUT2D eigenvalue weighted by Crippen LogP contribution is 2.24. The van der Waals surface area contributed by atoms with Gasteiger partial charge >= 0.3 is 5.97 Å². The molecule has 3 nitrogen and oxygen atoms in total. The van der Waals surface area contributed by atoms with Crippen molar-refractivity contribution in [1.29, 1.82) is 0 Å². The summed E-state index contributed by atoms with van der Waals surface area (Å²) in [7, 11) is 0. The van der Waals surface area contributed by atoms with Crippen LogP contribution in [0.5, 0.6) is 0 Å². The molecule has 0 amide bonds. The van der Waals surface area contributed by atoms with Crippen LogP contribution in [0, 0.1) is 11.8 Å². The van der Waals surface area contributed by atoms with Crippen molar-refractivity contribution in [3.8, 4) is 11.8 Å². The number of rotatable bonds is 4. The molecule has 0 heterocycles. The molecule has 0 saturated carbocycles. The van der Waals surface area contributed by atoms with Gasteiger partial charge in [0.15, 0.2) is 0 Å². The summed E-state index contributed by atoms with van der Waals surface area (Å²) in [6.45, 7) is 8.86. The standard InChI is InChI=1S/C17H22O3/c1-14(18)20-13-12-19-11-7-9-15-8-5-6-10-16(15)17(2,3)4/h5-6,8,10H,11-13H2,1-4H3.